The number of anilines is 1. The maximum absolute atomic E-state index is 10.6. The number of hydrogen-bond donors (Lipinski definition) is 3. The Morgan fingerprint density at radius 1 is 1.50 bits per heavy atom. The third-order valence-corrected chi connectivity index (χ3v) is 2.63. The quantitative estimate of drug-likeness (QED) is 0.714. The van der Waals surface area contributed by atoms with E-state index in [1.807, 2.05) is 36.4 Å². The van der Waals surface area contributed by atoms with Crippen molar-refractivity contribution in [2.75, 3.05) is 5.32 Å². The van der Waals surface area contributed by atoms with Gasteiger partial charge in [0.25, 0.3) is 0 Å². The van der Waals surface area contributed by atoms with Gasteiger partial charge in [-0.2, -0.15) is 0 Å². The topological polar surface area (TPSA) is 75.3 Å². The molecule has 1 aromatic carbocycles. The van der Waals surface area contributed by atoms with Crippen molar-refractivity contribution in [1.29, 1.82) is 0 Å². The van der Waals surface area contributed by atoms with E-state index < -0.39 is 12.0 Å². The Morgan fingerprint density at radius 3 is 3.00 bits per heavy atom. The maximum Gasteiger partial charge on any atom is 0.320 e. The van der Waals surface area contributed by atoms with Crippen LogP contribution in [0, 0.1) is 0 Å². The summed E-state index contributed by atoms with van der Waals surface area (Å²) in [4.78, 5) is 10.6. The second-order valence-electron chi connectivity index (χ2n) is 3.88. The zero-order valence-corrected chi connectivity index (χ0v) is 8.76. The van der Waals surface area contributed by atoms with Crippen molar-refractivity contribution in [3.63, 3.8) is 0 Å². The van der Waals surface area contributed by atoms with Crippen LogP contribution in [0.15, 0.2) is 30.3 Å². The summed E-state index contributed by atoms with van der Waals surface area (Å²) in [7, 11) is 0. The van der Waals surface area contributed by atoms with E-state index in [0.29, 0.717) is 6.42 Å². The second-order valence-corrected chi connectivity index (χ2v) is 3.88. The maximum atomic E-state index is 10.6. The molecule has 1 aliphatic rings. The lowest BCUT2D eigenvalue weighted by molar-refractivity contribution is -0.138. The zero-order valence-electron chi connectivity index (χ0n) is 8.76. The van der Waals surface area contributed by atoms with Crippen molar-refractivity contribution in [2.24, 2.45) is 5.73 Å². The van der Waals surface area contributed by atoms with E-state index in [-0.39, 0.29) is 6.04 Å². The first-order valence-corrected chi connectivity index (χ1v) is 5.19. The third-order valence-electron chi connectivity index (χ3n) is 2.63. The number of hydrogen-bond acceptors (Lipinski definition) is 3. The van der Waals surface area contributed by atoms with Gasteiger partial charge in [0.2, 0.25) is 0 Å². The average molecular weight is 218 g/mol. The number of carboxylic acids is 1. The Balaban J connectivity index is 2.06. The molecule has 0 fully saturated rings. The number of carboxylic acid groups (broad SMARTS) is 1. The largest absolute Gasteiger partial charge is 0.480 e. The van der Waals surface area contributed by atoms with Gasteiger partial charge in [-0.1, -0.05) is 30.4 Å². The number of benzene rings is 1. The number of carbonyl (C=O) groups is 1. The van der Waals surface area contributed by atoms with Crippen LogP contribution in [0.4, 0.5) is 5.69 Å². The summed E-state index contributed by atoms with van der Waals surface area (Å²) in [6, 6.07) is 7.05. The van der Waals surface area contributed by atoms with Crippen LogP contribution < -0.4 is 11.1 Å². The molecule has 1 unspecified atom stereocenters. The first kappa shape index (κ1) is 10.7. The van der Waals surface area contributed by atoms with Crippen LogP contribution in [0.5, 0.6) is 0 Å². The molecule has 4 N–H and O–H groups in total. The van der Waals surface area contributed by atoms with Crippen molar-refractivity contribution < 1.29 is 9.90 Å². The number of aliphatic carboxylic acids is 1. The summed E-state index contributed by atoms with van der Waals surface area (Å²) >= 11 is 0. The van der Waals surface area contributed by atoms with E-state index in [1.54, 1.807) is 0 Å². The van der Waals surface area contributed by atoms with Crippen LogP contribution in [0.1, 0.15) is 12.0 Å². The summed E-state index contributed by atoms with van der Waals surface area (Å²) < 4.78 is 0. The number of nitrogens with one attached hydrogen (secondary N) is 1. The molecule has 2 rings (SSSR count). The van der Waals surface area contributed by atoms with Gasteiger partial charge in [-0.05, 0) is 18.1 Å². The first-order chi connectivity index (χ1) is 7.66. The van der Waals surface area contributed by atoms with Crippen LogP contribution in [-0.2, 0) is 4.79 Å². The lowest BCUT2D eigenvalue weighted by Gasteiger charge is -2.23. The lowest BCUT2D eigenvalue weighted by Crippen LogP contribution is -2.36. The fourth-order valence-corrected chi connectivity index (χ4v) is 1.75. The van der Waals surface area contributed by atoms with E-state index in [4.69, 9.17) is 10.8 Å². The molecule has 0 bridgehead atoms. The van der Waals surface area contributed by atoms with E-state index in [2.05, 4.69) is 5.32 Å². The van der Waals surface area contributed by atoms with Gasteiger partial charge in [-0.25, -0.2) is 0 Å². The molecule has 0 aromatic heterocycles. The van der Waals surface area contributed by atoms with Crippen LogP contribution in [-0.4, -0.2) is 23.2 Å². The van der Waals surface area contributed by atoms with E-state index in [1.165, 1.54) is 0 Å². The highest BCUT2D eigenvalue weighted by atomic mass is 16.4. The predicted octanol–water partition coefficient (Wildman–Crippen LogP) is 1.30. The molecular formula is C12H14N2O2. The highest BCUT2D eigenvalue weighted by Gasteiger charge is 2.19. The van der Waals surface area contributed by atoms with Gasteiger partial charge in [-0.15, -0.1) is 0 Å². The summed E-state index contributed by atoms with van der Waals surface area (Å²) in [5, 5.41) is 12.0. The number of fused-ring (bicyclic) bond motifs is 1. The summed E-state index contributed by atoms with van der Waals surface area (Å²) in [6.07, 6.45) is 4.33. The van der Waals surface area contributed by atoms with Gasteiger partial charge >= 0.3 is 5.97 Å². The highest BCUT2D eigenvalue weighted by molar-refractivity contribution is 5.74. The van der Waals surface area contributed by atoms with E-state index >= 15 is 0 Å². The van der Waals surface area contributed by atoms with Crippen molar-refractivity contribution >= 4 is 17.7 Å². The van der Waals surface area contributed by atoms with Crippen LogP contribution in [0.2, 0.25) is 0 Å². The molecule has 2 atom stereocenters. The van der Waals surface area contributed by atoms with Crippen molar-refractivity contribution in [3.05, 3.63) is 35.9 Å². The Kier molecular flexibility index (Phi) is 2.92. The number of para-hydroxylation sites is 1. The molecule has 0 aliphatic carbocycles. The molecule has 1 heterocycles. The van der Waals surface area contributed by atoms with Gasteiger partial charge in [-0.3, -0.25) is 4.79 Å². The van der Waals surface area contributed by atoms with Crippen LogP contribution in [0.3, 0.4) is 0 Å². The number of nitrogens with two attached hydrogens (primary N) is 1. The molecule has 16 heavy (non-hydrogen) atoms. The minimum absolute atomic E-state index is 0.0130. The molecule has 0 saturated heterocycles. The van der Waals surface area contributed by atoms with E-state index in [0.717, 1.165) is 11.3 Å². The van der Waals surface area contributed by atoms with Gasteiger partial charge in [0.15, 0.2) is 0 Å². The third kappa shape index (κ3) is 2.23. The highest BCUT2D eigenvalue weighted by Crippen LogP contribution is 2.23. The predicted molar refractivity (Wildman–Crippen MR) is 63.1 cm³/mol. The SMILES string of the molecule is N[C@H](CC1C=Cc2ccccc2N1)C(=O)O. The van der Waals surface area contributed by atoms with Crippen LogP contribution >= 0.6 is 0 Å². The minimum atomic E-state index is -0.964. The normalized spacial score (nSPS) is 19.7. The van der Waals surface area contributed by atoms with Gasteiger partial charge < -0.3 is 16.2 Å². The zero-order chi connectivity index (χ0) is 11.5. The van der Waals surface area contributed by atoms with E-state index in [9.17, 15) is 4.79 Å². The molecule has 0 spiro atoms. The lowest BCUT2D eigenvalue weighted by atomic mass is 10.0. The first-order valence-electron chi connectivity index (χ1n) is 5.19. The minimum Gasteiger partial charge on any atom is -0.480 e. The molecule has 0 saturated carbocycles. The molecule has 84 valence electrons. The molecule has 1 aromatic rings. The average Bonchev–Trinajstić information content (AvgIpc) is 2.28. The Morgan fingerprint density at radius 2 is 2.25 bits per heavy atom. The molecule has 0 radical (unpaired) electrons. The van der Waals surface area contributed by atoms with Crippen molar-refractivity contribution in [2.45, 2.75) is 18.5 Å². The monoisotopic (exact) mass is 218 g/mol. The van der Waals surface area contributed by atoms with Crippen molar-refractivity contribution in [3.8, 4) is 0 Å². The fraction of sp³-hybridized carbons (Fsp3) is 0.250. The van der Waals surface area contributed by atoms with Crippen LogP contribution in [0.25, 0.3) is 6.08 Å². The van der Waals surface area contributed by atoms with Gasteiger partial charge in [0.05, 0.1) is 0 Å². The molecule has 4 nitrogen and oxygen atoms in total. The van der Waals surface area contributed by atoms with Gasteiger partial charge in [0, 0.05) is 11.7 Å². The van der Waals surface area contributed by atoms with Crippen molar-refractivity contribution in [1.82, 2.24) is 0 Å². The molecule has 4 heteroatoms. The second kappa shape index (κ2) is 4.37. The Labute approximate surface area is 93.8 Å². The fourth-order valence-electron chi connectivity index (χ4n) is 1.75. The molecule has 1 aliphatic heterocycles. The summed E-state index contributed by atoms with van der Waals surface area (Å²) in [5.74, 6) is -0.964. The Bertz CT molecular complexity index is 429. The summed E-state index contributed by atoms with van der Waals surface area (Å²) in [5.41, 5.74) is 7.63. The standard InChI is InChI=1S/C12H14N2O2/c13-10(12(15)16)7-9-6-5-8-3-1-2-4-11(8)14-9/h1-6,9-10,14H,7,13H2,(H,15,16)/t9?,10-/m1/s1. The smallest absolute Gasteiger partial charge is 0.320 e. The van der Waals surface area contributed by atoms with Gasteiger partial charge in [0.1, 0.15) is 6.04 Å². The Hall–Kier alpha value is -1.81. The summed E-state index contributed by atoms with van der Waals surface area (Å²) in [6.45, 7) is 0. The molecule has 0 amide bonds. The number of rotatable bonds is 3. The molecular weight excluding hydrogens is 204 g/mol.